The number of hydrogen-bond acceptors (Lipinski definition) is 5. The van der Waals surface area contributed by atoms with Crippen LogP contribution in [0.25, 0.3) is 6.08 Å². The molecule has 2 aromatic rings. The first-order chi connectivity index (χ1) is 19.1. The third-order valence-electron chi connectivity index (χ3n) is 8.58. The monoisotopic (exact) mass is 545 g/mol. The smallest absolute Gasteiger partial charge is 0.238 e. The fraction of sp³-hybridized carbons (Fsp3) is 0.471. The van der Waals surface area contributed by atoms with Gasteiger partial charge in [0.15, 0.2) is 0 Å². The number of allylic oxidation sites excluding steroid dienone is 2. The zero-order valence-electron chi connectivity index (χ0n) is 24.4. The van der Waals surface area contributed by atoms with Crippen LogP contribution in [0, 0.1) is 37.5 Å². The molecule has 4 atom stereocenters. The van der Waals surface area contributed by atoms with Gasteiger partial charge in [0.2, 0.25) is 11.8 Å². The lowest BCUT2D eigenvalue weighted by Crippen LogP contribution is -2.39. The molecule has 214 valence electrons. The molecule has 0 radical (unpaired) electrons. The first kappa shape index (κ1) is 29.8. The Labute approximate surface area is 238 Å². The van der Waals surface area contributed by atoms with Gasteiger partial charge in [-0.25, -0.2) is 0 Å². The molecule has 1 aliphatic heterocycles. The van der Waals surface area contributed by atoms with Crippen molar-refractivity contribution in [2.45, 2.75) is 72.8 Å². The molecule has 1 heterocycles. The van der Waals surface area contributed by atoms with E-state index in [1.165, 1.54) is 10.5 Å². The number of phenolic OH excluding ortho intramolecular Hbond substituents is 1. The van der Waals surface area contributed by atoms with Gasteiger partial charge in [-0.15, -0.1) is 0 Å². The highest BCUT2D eigenvalue weighted by Crippen LogP contribution is 2.48. The van der Waals surface area contributed by atoms with Crippen LogP contribution >= 0.6 is 0 Å². The molecule has 2 amide bonds. The van der Waals surface area contributed by atoms with Crippen molar-refractivity contribution in [2.24, 2.45) is 23.7 Å². The highest BCUT2D eigenvalue weighted by atomic mass is 16.3. The first-order valence-electron chi connectivity index (χ1n) is 14.5. The predicted octanol–water partition coefficient (Wildman–Crippen LogP) is 6.10. The number of para-hydroxylation sites is 1. The third-order valence-corrected chi connectivity index (χ3v) is 8.58. The maximum absolute atomic E-state index is 13.7. The van der Waals surface area contributed by atoms with Crippen LogP contribution in [0.15, 0.2) is 59.2 Å². The van der Waals surface area contributed by atoms with E-state index < -0.39 is 23.9 Å². The summed E-state index contributed by atoms with van der Waals surface area (Å²) >= 11 is 0. The number of anilines is 1. The normalized spacial score (nSPS) is 22.4. The number of aromatic hydroxyl groups is 1. The van der Waals surface area contributed by atoms with Crippen molar-refractivity contribution in [3.05, 3.63) is 75.9 Å². The Morgan fingerprint density at radius 3 is 2.27 bits per heavy atom. The van der Waals surface area contributed by atoms with Gasteiger partial charge in [0, 0.05) is 5.92 Å². The van der Waals surface area contributed by atoms with E-state index >= 15 is 0 Å². The topological polar surface area (TPSA) is 98.1 Å². The van der Waals surface area contributed by atoms with Crippen molar-refractivity contribution in [1.82, 2.24) is 0 Å². The van der Waals surface area contributed by atoms with Gasteiger partial charge in [0.05, 0.1) is 30.2 Å². The second-order valence-corrected chi connectivity index (χ2v) is 11.7. The molecule has 0 bridgehead atoms. The highest BCUT2D eigenvalue weighted by molar-refractivity contribution is 6.22. The SMILES string of the molecule is CCC/C(=C\c1cc(C)c(O)c(C)c1)CC[C@@H](O)C1=C(C(C)C)C[C@H]2C(=O)N(c3ccccc3)C(=O)[C@H]2[C@H]1CO. The maximum atomic E-state index is 13.7. The molecular weight excluding hydrogens is 502 g/mol. The molecule has 0 saturated carbocycles. The number of imide groups is 1. The quantitative estimate of drug-likeness (QED) is 0.247. The Morgan fingerprint density at radius 1 is 1.05 bits per heavy atom. The second kappa shape index (κ2) is 12.5. The minimum Gasteiger partial charge on any atom is -0.507 e. The molecule has 6 nitrogen and oxygen atoms in total. The lowest BCUT2D eigenvalue weighted by molar-refractivity contribution is -0.123. The van der Waals surface area contributed by atoms with Gasteiger partial charge >= 0.3 is 0 Å². The number of phenols is 1. The average molecular weight is 546 g/mol. The first-order valence-corrected chi connectivity index (χ1v) is 14.5. The number of rotatable bonds is 10. The Hall–Kier alpha value is -3.22. The number of fused-ring (bicyclic) bond motifs is 1. The molecule has 0 aromatic heterocycles. The van der Waals surface area contributed by atoms with Crippen LogP contribution in [0.1, 0.15) is 69.6 Å². The zero-order valence-corrected chi connectivity index (χ0v) is 24.4. The number of benzene rings is 2. The number of aliphatic hydroxyl groups is 2. The summed E-state index contributed by atoms with van der Waals surface area (Å²) < 4.78 is 0. The van der Waals surface area contributed by atoms with Gasteiger partial charge in [-0.05, 0) is 92.0 Å². The van der Waals surface area contributed by atoms with Crippen LogP contribution in [0.2, 0.25) is 0 Å². The summed E-state index contributed by atoms with van der Waals surface area (Å²) in [5.74, 6) is -1.95. The number of amides is 2. The Morgan fingerprint density at radius 2 is 1.70 bits per heavy atom. The number of nitrogens with zero attached hydrogens (tertiary/aromatic N) is 1. The summed E-state index contributed by atoms with van der Waals surface area (Å²) in [5, 5.41) is 32.4. The Balaban J connectivity index is 1.62. The van der Waals surface area contributed by atoms with Crippen LogP contribution < -0.4 is 4.90 Å². The molecule has 2 aromatic carbocycles. The molecule has 4 rings (SSSR count). The van der Waals surface area contributed by atoms with Gasteiger partial charge in [0.1, 0.15) is 5.75 Å². The standard InChI is InChI=1S/C34H43NO5/c1-6-10-23(17-24-15-21(4)32(38)22(5)16-24)13-14-29(37)30-26(20(2)3)18-27-31(28(30)19-36)34(40)35(33(27)39)25-11-8-7-9-12-25/h7-9,11-12,15-17,20,27-29,31,36-38H,6,10,13-14,18-19H2,1-5H3/b23-17+/t27-,28+,29-,31-/m1/s1. The van der Waals surface area contributed by atoms with Crippen molar-refractivity contribution < 1.29 is 24.9 Å². The summed E-state index contributed by atoms with van der Waals surface area (Å²) in [7, 11) is 0. The van der Waals surface area contributed by atoms with E-state index in [-0.39, 0.29) is 24.3 Å². The summed E-state index contributed by atoms with van der Waals surface area (Å²) in [5.41, 5.74) is 6.16. The minimum absolute atomic E-state index is 0.0712. The van der Waals surface area contributed by atoms with E-state index in [1.807, 2.05) is 45.9 Å². The van der Waals surface area contributed by atoms with Gasteiger partial charge in [-0.3, -0.25) is 14.5 Å². The number of hydrogen-bond donors (Lipinski definition) is 3. The minimum atomic E-state index is -0.826. The molecule has 1 saturated heterocycles. The molecular formula is C34H43NO5. The molecule has 1 aliphatic carbocycles. The number of aryl methyl sites for hydroxylation is 2. The highest BCUT2D eigenvalue weighted by Gasteiger charge is 2.55. The van der Waals surface area contributed by atoms with E-state index in [9.17, 15) is 24.9 Å². The molecule has 2 aliphatic rings. The predicted molar refractivity (Wildman–Crippen MR) is 159 cm³/mol. The van der Waals surface area contributed by atoms with E-state index in [2.05, 4.69) is 13.0 Å². The van der Waals surface area contributed by atoms with Crippen LogP contribution in [0.4, 0.5) is 5.69 Å². The number of carbonyl (C=O) groups is 2. The molecule has 0 spiro atoms. The van der Waals surface area contributed by atoms with Crippen molar-refractivity contribution in [2.75, 3.05) is 11.5 Å². The van der Waals surface area contributed by atoms with Crippen molar-refractivity contribution in [3.63, 3.8) is 0 Å². The number of aliphatic hydroxyl groups excluding tert-OH is 2. The second-order valence-electron chi connectivity index (χ2n) is 11.7. The van der Waals surface area contributed by atoms with Crippen molar-refractivity contribution >= 4 is 23.6 Å². The summed E-state index contributed by atoms with van der Waals surface area (Å²) in [6.07, 6.45) is 4.71. The van der Waals surface area contributed by atoms with Crippen LogP contribution in [-0.4, -0.2) is 39.8 Å². The average Bonchev–Trinajstić information content (AvgIpc) is 3.18. The molecule has 0 unspecified atom stereocenters. The van der Waals surface area contributed by atoms with E-state index in [4.69, 9.17) is 0 Å². The van der Waals surface area contributed by atoms with Gasteiger partial charge in [-0.1, -0.05) is 62.6 Å². The van der Waals surface area contributed by atoms with E-state index in [0.717, 1.165) is 40.7 Å². The lowest BCUT2D eigenvalue weighted by atomic mass is 9.66. The van der Waals surface area contributed by atoms with Gasteiger partial charge in [0.25, 0.3) is 0 Å². The van der Waals surface area contributed by atoms with Crippen LogP contribution in [0.3, 0.4) is 0 Å². The molecule has 40 heavy (non-hydrogen) atoms. The van der Waals surface area contributed by atoms with E-state index in [1.54, 1.807) is 24.3 Å². The van der Waals surface area contributed by atoms with Crippen molar-refractivity contribution in [3.8, 4) is 5.75 Å². The zero-order chi connectivity index (χ0) is 29.1. The number of carbonyl (C=O) groups excluding carboxylic acids is 2. The van der Waals surface area contributed by atoms with Gasteiger partial charge in [-0.2, -0.15) is 0 Å². The Bertz CT molecular complexity index is 1290. The fourth-order valence-corrected chi connectivity index (χ4v) is 6.65. The fourth-order valence-electron chi connectivity index (χ4n) is 6.65. The summed E-state index contributed by atoms with van der Waals surface area (Å²) in [6, 6.07) is 12.9. The van der Waals surface area contributed by atoms with Crippen LogP contribution in [-0.2, 0) is 9.59 Å². The summed E-state index contributed by atoms with van der Waals surface area (Å²) in [6.45, 7) is 9.70. The third kappa shape index (κ3) is 5.79. The van der Waals surface area contributed by atoms with Gasteiger partial charge < -0.3 is 15.3 Å². The van der Waals surface area contributed by atoms with Crippen molar-refractivity contribution in [1.29, 1.82) is 0 Å². The Kier molecular flexibility index (Phi) is 9.32. The molecule has 1 fully saturated rings. The van der Waals surface area contributed by atoms with Crippen LogP contribution in [0.5, 0.6) is 5.75 Å². The maximum Gasteiger partial charge on any atom is 0.238 e. The summed E-state index contributed by atoms with van der Waals surface area (Å²) in [4.78, 5) is 28.4. The molecule has 3 N–H and O–H groups in total. The molecule has 6 heteroatoms. The van der Waals surface area contributed by atoms with E-state index in [0.29, 0.717) is 30.7 Å². The largest absolute Gasteiger partial charge is 0.507 e. The lowest BCUT2D eigenvalue weighted by Gasteiger charge is -2.38.